The lowest BCUT2D eigenvalue weighted by Gasteiger charge is -2.11. The Morgan fingerprint density at radius 2 is 2.33 bits per heavy atom. The summed E-state index contributed by atoms with van der Waals surface area (Å²) < 4.78 is 14.3. The second-order valence-electron chi connectivity index (χ2n) is 5.92. The van der Waals surface area contributed by atoms with Crippen molar-refractivity contribution in [3.8, 4) is 5.75 Å². The Bertz CT molecular complexity index is 668. The van der Waals surface area contributed by atoms with Crippen molar-refractivity contribution in [2.24, 2.45) is 5.92 Å². The van der Waals surface area contributed by atoms with Gasteiger partial charge in [0, 0.05) is 19.8 Å². The molecule has 114 valence electrons. The SMILES string of the molecule is CC(C)Oc1cccc2c1[nH]c(=S)n2CCC1CCOC1. The van der Waals surface area contributed by atoms with Crippen LogP contribution in [0.25, 0.3) is 11.0 Å². The van der Waals surface area contributed by atoms with Gasteiger partial charge in [-0.2, -0.15) is 0 Å². The fourth-order valence-corrected chi connectivity index (χ4v) is 3.14. The van der Waals surface area contributed by atoms with Crippen LogP contribution in [0.5, 0.6) is 5.75 Å². The highest BCUT2D eigenvalue weighted by molar-refractivity contribution is 7.71. The molecule has 1 atom stereocenters. The van der Waals surface area contributed by atoms with Crippen molar-refractivity contribution in [3.63, 3.8) is 0 Å². The van der Waals surface area contributed by atoms with Crippen molar-refractivity contribution in [2.75, 3.05) is 13.2 Å². The molecule has 5 heteroatoms. The van der Waals surface area contributed by atoms with E-state index < -0.39 is 0 Å². The summed E-state index contributed by atoms with van der Waals surface area (Å²) in [4.78, 5) is 3.30. The van der Waals surface area contributed by atoms with Gasteiger partial charge in [0.1, 0.15) is 11.3 Å². The van der Waals surface area contributed by atoms with Gasteiger partial charge in [-0.05, 0) is 57.0 Å². The number of nitrogens with zero attached hydrogens (tertiary/aromatic N) is 1. The molecule has 1 saturated heterocycles. The summed E-state index contributed by atoms with van der Waals surface area (Å²) in [5, 5.41) is 0. The van der Waals surface area contributed by atoms with Gasteiger partial charge >= 0.3 is 0 Å². The number of hydrogen-bond acceptors (Lipinski definition) is 3. The van der Waals surface area contributed by atoms with Gasteiger partial charge in [0.15, 0.2) is 4.77 Å². The molecule has 1 aromatic heterocycles. The van der Waals surface area contributed by atoms with Crippen molar-refractivity contribution in [3.05, 3.63) is 23.0 Å². The zero-order chi connectivity index (χ0) is 14.8. The van der Waals surface area contributed by atoms with E-state index in [2.05, 4.69) is 15.6 Å². The Morgan fingerprint density at radius 1 is 1.48 bits per heavy atom. The average molecular weight is 306 g/mol. The summed E-state index contributed by atoms with van der Waals surface area (Å²) in [5.41, 5.74) is 2.12. The van der Waals surface area contributed by atoms with E-state index in [1.54, 1.807) is 0 Å². The highest BCUT2D eigenvalue weighted by Gasteiger charge is 2.17. The van der Waals surface area contributed by atoms with Crippen LogP contribution in [-0.4, -0.2) is 28.9 Å². The van der Waals surface area contributed by atoms with Crippen LogP contribution in [-0.2, 0) is 11.3 Å². The fourth-order valence-electron chi connectivity index (χ4n) is 2.85. The smallest absolute Gasteiger partial charge is 0.178 e. The molecule has 1 aromatic carbocycles. The predicted octanol–water partition coefficient (Wildman–Crippen LogP) is 3.91. The Kier molecular flexibility index (Phi) is 4.31. The number of fused-ring (bicyclic) bond motifs is 1. The van der Waals surface area contributed by atoms with Crippen molar-refractivity contribution in [1.29, 1.82) is 0 Å². The quantitative estimate of drug-likeness (QED) is 0.851. The second kappa shape index (κ2) is 6.20. The predicted molar refractivity (Wildman–Crippen MR) is 86.4 cm³/mol. The summed E-state index contributed by atoms with van der Waals surface area (Å²) in [7, 11) is 0. The van der Waals surface area contributed by atoms with Gasteiger partial charge in [-0.25, -0.2) is 0 Å². The van der Waals surface area contributed by atoms with Crippen molar-refractivity contribution >= 4 is 23.3 Å². The number of hydrogen-bond donors (Lipinski definition) is 1. The number of aromatic nitrogens is 2. The highest BCUT2D eigenvalue weighted by Crippen LogP contribution is 2.27. The third kappa shape index (κ3) is 3.14. The number of para-hydroxylation sites is 1. The zero-order valence-corrected chi connectivity index (χ0v) is 13.4. The summed E-state index contributed by atoms with van der Waals surface area (Å²) in [6.45, 7) is 6.78. The first kappa shape index (κ1) is 14.6. The minimum absolute atomic E-state index is 0.150. The first-order valence-corrected chi connectivity index (χ1v) is 8.02. The van der Waals surface area contributed by atoms with Gasteiger partial charge in [0.25, 0.3) is 0 Å². The molecule has 0 amide bonds. The average Bonchev–Trinajstić information content (AvgIpc) is 3.04. The molecule has 1 fully saturated rings. The van der Waals surface area contributed by atoms with E-state index in [0.29, 0.717) is 5.92 Å². The molecule has 2 aromatic rings. The molecule has 1 unspecified atom stereocenters. The molecule has 1 aliphatic heterocycles. The number of benzene rings is 1. The number of nitrogens with one attached hydrogen (secondary N) is 1. The molecule has 0 aliphatic carbocycles. The third-order valence-electron chi connectivity index (χ3n) is 3.92. The Hall–Kier alpha value is -1.33. The highest BCUT2D eigenvalue weighted by atomic mass is 32.1. The molecule has 4 nitrogen and oxygen atoms in total. The molecule has 1 N–H and O–H groups in total. The van der Waals surface area contributed by atoms with E-state index >= 15 is 0 Å². The van der Waals surface area contributed by atoms with E-state index in [9.17, 15) is 0 Å². The summed E-state index contributed by atoms with van der Waals surface area (Å²) >= 11 is 5.49. The number of H-pyrrole nitrogens is 1. The molecule has 1 aliphatic rings. The summed E-state index contributed by atoms with van der Waals surface area (Å²) in [6.07, 6.45) is 2.42. The number of aryl methyl sites for hydroxylation is 1. The van der Waals surface area contributed by atoms with Crippen LogP contribution in [0.4, 0.5) is 0 Å². The van der Waals surface area contributed by atoms with Gasteiger partial charge in [-0.1, -0.05) is 6.07 Å². The van der Waals surface area contributed by atoms with Crippen LogP contribution < -0.4 is 4.74 Å². The lowest BCUT2D eigenvalue weighted by atomic mass is 10.1. The monoisotopic (exact) mass is 306 g/mol. The maximum absolute atomic E-state index is 5.86. The summed E-state index contributed by atoms with van der Waals surface area (Å²) in [6, 6.07) is 6.11. The molecular formula is C16H22N2O2S. The Morgan fingerprint density at radius 3 is 3.05 bits per heavy atom. The minimum atomic E-state index is 0.150. The number of rotatable bonds is 5. The number of aromatic amines is 1. The van der Waals surface area contributed by atoms with Gasteiger partial charge in [-0.3, -0.25) is 0 Å². The van der Waals surface area contributed by atoms with E-state index in [4.69, 9.17) is 21.7 Å². The molecule has 0 bridgehead atoms. The van der Waals surface area contributed by atoms with E-state index in [-0.39, 0.29) is 6.10 Å². The van der Waals surface area contributed by atoms with Gasteiger partial charge in [-0.15, -0.1) is 0 Å². The minimum Gasteiger partial charge on any atom is -0.489 e. The Balaban J connectivity index is 1.88. The first-order valence-electron chi connectivity index (χ1n) is 7.61. The second-order valence-corrected chi connectivity index (χ2v) is 6.30. The van der Waals surface area contributed by atoms with Crippen LogP contribution >= 0.6 is 12.2 Å². The molecule has 3 rings (SSSR count). The van der Waals surface area contributed by atoms with E-state index in [1.165, 1.54) is 0 Å². The van der Waals surface area contributed by atoms with Crippen molar-refractivity contribution < 1.29 is 9.47 Å². The van der Waals surface area contributed by atoms with Crippen LogP contribution in [0.3, 0.4) is 0 Å². The Labute approximate surface area is 130 Å². The third-order valence-corrected chi connectivity index (χ3v) is 4.24. The van der Waals surface area contributed by atoms with E-state index in [1.807, 2.05) is 26.0 Å². The molecule has 0 radical (unpaired) electrons. The topological polar surface area (TPSA) is 39.2 Å². The maximum atomic E-state index is 5.86. The lowest BCUT2D eigenvalue weighted by Crippen LogP contribution is -2.07. The van der Waals surface area contributed by atoms with Crippen LogP contribution in [0.2, 0.25) is 0 Å². The molecule has 21 heavy (non-hydrogen) atoms. The fraction of sp³-hybridized carbons (Fsp3) is 0.562. The van der Waals surface area contributed by atoms with Gasteiger partial charge in [0.05, 0.1) is 11.6 Å². The first-order chi connectivity index (χ1) is 10.1. The number of ether oxygens (including phenoxy) is 2. The summed E-state index contributed by atoms with van der Waals surface area (Å²) in [5.74, 6) is 1.53. The zero-order valence-electron chi connectivity index (χ0n) is 12.6. The van der Waals surface area contributed by atoms with Crippen LogP contribution in [0, 0.1) is 10.7 Å². The van der Waals surface area contributed by atoms with Crippen LogP contribution in [0.15, 0.2) is 18.2 Å². The standard InChI is InChI=1S/C16H22N2O2S/c1-11(2)20-14-5-3-4-13-15(14)17-16(21)18(13)8-6-12-7-9-19-10-12/h3-5,11-12H,6-10H2,1-2H3,(H,17,21). The lowest BCUT2D eigenvalue weighted by molar-refractivity contribution is 0.183. The maximum Gasteiger partial charge on any atom is 0.178 e. The number of imidazole rings is 1. The van der Waals surface area contributed by atoms with E-state index in [0.717, 1.165) is 54.2 Å². The van der Waals surface area contributed by atoms with Crippen LogP contribution in [0.1, 0.15) is 26.7 Å². The van der Waals surface area contributed by atoms with Gasteiger partial charge in [0.2, 0.25) is 0 Å². The normalized spacial score (nSPS) is 18.7. The van der Waals surface area contributed by atoms with Crippen molar-refractivity contribution in [2.45, 2.75) is 39.3 Å². The molecular weight excluding hydrogens is 284 g/mol. The molecule has 0 spiro atoms. The molecule has 2 heterocycles. The van der Waals surface area contributed by atoms with Crippen molar-refractivity contribution in [1.82, 2.24) is 9.55 Å². The van der Waals surface area contributed by atoms with Gasteiger partial charge < -0.3 is 19.0 Å². The largest absolute Gasteiger partial charge is 0.489 e. The molecule has 0 saturated carbocycles.